The maximum atomic E-state index is 12.1. The molecule has 0 spiro atoms. The zero-order chi connectivity index (χ0) is 19.8. The molecule has 1 heterocycles. The standard InChI is InChI=1S/C19H20N2O6/c1-12(22)14-5-3-6-15(11-14)21-18(24)13(2)27-17(23)8-9-20-19(25)16-7-4-10-26-16/h3-7,10-11,13H,8-9H2,1-2H3,(H,20,25)(H,21,24)/t13-/m1/s1. The molecule has 0 unspecified atom stereocenters. The van der Waals surface area contributed by atoms with E-state index in [4.69, 9.17) is 9.15 Å². The molecule has 0 aliphatic heterocycles. The quantitative estimate of drug-likeness (QED) is 0.542. The lowest BCUT2D eigenvalue weighted by molar-refractivity contribution is -0.153. The first kappa shape index (κ1) is 19.9. The highest BCUT2D eigenvalue weighted by molar-refractivity contribution is 5.98. The second-order valence-corrected chi connectivity index (χ2v) is 5.74. The minimum atomic E-state index is -1.03. The van der Waals surface area contributed by atoms with Crippen LogP contribution in [-0.4, -0.2) is 36.2 Å². The van der Waals surface area contributed by atoms with Crippen LogP contribution in [0.4, 0.5) is 5.69 Å². The summed E-state index contributed by atoms with van der Waals surface area (Å²) in [4.78, 5) is 46.9. The van der Waals surface area contributed by atoms with E-state index < -0.39 is 23.9 Å². The van der Waals surface area contributed by atoms with E-state index in [9.17, 15) is 19.2 Å². The maximum Gasteiger partial charge on any atom is 0.308 e. The van der Waals surface area contributed by atoms with Crippen molar-refractivity contribution >= 4 is 29.3 Å². The van der Waals surface area contributed by atoms with Crippen molar-refractivity contribution in [2.45, 2.75) is 26.4 Å². The minimum Gasteiger partial charge on any atom is -0.459 e. The van der Waals surface area contributed by atoms with E-state index in [-0.39, 0.29) is 24.5 Å². The number of benzene rings is 1. The van der Waals surface area contributed by atoms with Gasteiger partial charge in [0, 0.05) is 17.8 Å². The molecule has 0 aliphatic rings. The number of anilines is 1. The Morgan fingerprint density at radius 3 is 2.59 bits per heavy atom. The average Bonchev–Trinajstić information content (AvgIpc) is 3.16. The third-order valence-electron chi connectivity index (χ3n) is 3.57. The van der Waals surface area contributed by atoms with Gasteiger partial charge >= 0.3 is 5.97 Å². The van der Waals surface area contributed by atoms with Gasteiger partial charge in [-0.2, -0.15) is 0 Å². The van der Waals surface area contributed by atoms with Crippen molar-refractivity contribution in [1.82, 2.24) is 5.32 Å². The lowest BCUT2D eigenvalue weighted by Crippen LogP contribution is -2.32. The second-order valence-electron chi connectivity index (χ2n) is 5.74. The first-order valence-corrected chi connectivity index (χ1v) is 8.30. The van der Waals surface area contributed by atoms with E-state index in [0.29, 0.717) is 11.3 Å². The molecule has 1 aromatic carbocycles. The number of hydrogen-bond donors (Lipinski definition) is 2. The average molecular weight is 372 g/mol. The third kappa shape index (κ3) is 6.10. The number of nitrogens with one attached hydrogen (secondary N) is 2. The number of rotatable bonds is 8. The number of esters is 1. The van der Waals surface area contributed by atoms with Gasteiger partial charge in [0.15, 0.2) is 17.6 Å². The summed E-state index contributed by atoms with van der Waals surface area (Å²) in [6.07, 6.45) is 0.249. The molecule has 8 nitrogen and oxygen atoms in total. The molecule has 2 aromatic rings. The van der Waals surface area contributed by atoms with Crippen LogP contribution >= 0.6 is 0 Å². The van der Waals surface area contributed by atoms with Crippen LogP contribution in [0.2, 0.25) is 0 Å². The molecule has 2 rings (SSSR count). The van der Waals surface area contributed by atoms with Gasteiger partial charge in [0.1, 0.15) is 0 Å². The van der Waals surface area contributed by atoms with Crippen molar-refractivity contribution in [3.05, 3.63) is 54.0 Å². The van der Waals surface area contributed by atoms with Crippen LogP contribution in [0.15, 0.2) is 47.1 Å². The summed E-state index contributed by atoms with van der Waals surface area (Å²) < 4.78 is 9.97. The number of amides is 2. The summed E-state index contributed by atoms with van der Waals surface area (Å²) in [5, 5.41) is 5.09. The Morgan fingerprint density at radius 1 is 1.15 bits per heavy atom. The molecule has 2 amide bonds. The largest absolute Gasteiger partial charge is 0.459 e. The Balaban J connectivity index is 1.76. The molecule has 0 radical (unpaired) electrons. The topological polar surface area (TPSA) is 115 Å². The summed E-state index contributed by atoms with van der Waals surface area (Å²) in [7, 11) is 0. The Morgan fingerprint density at radius 2 is 1.93 bits per heavy atom. The van der Waals surface area contributed by atoms with E-state index in [2.05, 4.69) is 10.6 Å². The minimum absolute atomic E-state index is 0.0490. The molecule has 0 saturated heterocycles. The molecular formula is C19H20N2O6. The molecule has 1 aromatic heterocycles. The normalized spacial score (nSPS) is 11.3. The molecule has 2 N–H and O–H groups in total. The molecule has 1 atom stereocenters. The van der Waals surface area contributed by atoms with Gasteiger partial charge in [-0.3, -0.25) is 19.2 Å². The predicted molar refractivity (Wildman–Crippen MR) is 96.3 cm³/mol. The highest BCUT2D eigenvalue weighted by atomic mass is 16.5. The summed E-state index contributed by atoms with van der Waals surface area (Å²) in [5.74, 6) is -1.58. The highest BCUT2D eigenvalue weighted by Crippen LogP contribution is 2.12. The van der Waals surface area contributed by atoms with Crippen molar-refractivity contribution in [2.24, 2.45) is 0 Å². The second kappa shape index (κ2) is 9.33. The SMILES string of the molecule is CC(=O)c1cccc(NC(=O)[C@@H](C)OC(=O)CCNC(=O)c2ccco2)c1. The van der Waals surface area contributed by atoms with Gasteiger partial charge < -0.3 is 19.8 Å². The fourth-order valence-corrected chi connectivity index (χ4v) is 2.14. The van der Waals surface area contributed by atoms with Gasteiger partial charge in [0.25, 0.3) is 11.8 Å². The summed E-state index contributed by atoms with van der Waals surface area (Å²) in [6.45, 7) is 2.91. The molecule has 27 heavy (non-hydrogen) atoms. The zero-order valence-corrected chi connectivity index (χ0v) is 15.0. The van der Waals surface area contributed by atoms with Crippen LogP contribution in [0, 0.1) is 0 Å². The number of ether oxygens (including phenoxy) is 1. The lowest BCUT2D eigenvalue weighted by Gasteiger charge is -2.14. The van der Waals surface area contributed by atoms with Crippen LogP contribution in [0.5, 0.6) is 0 Å². The Bertz CT molecular complexity index is 828. The van der Waals surface area contributed by atoms with Gasteiger partial charge in [-0.25, -0.2) is 0 Å². The van der Waals surface area contributed by atoms with Gasteiger partial charge in [0.2, 0.25) is 0 Å². The highest BCUT2D eigenvalue weighted by Gasteiger charge is 2.18. The Hall–Kier alpha value is -3.42. The van der Waals surface area contributed by atoms with E-state index in [1.54, 1.807) is 30.3 Å². The summed E-state index contributed by atoms with van der Waals surface area (Å²) in [5.41, 5.74) is 0.894. The van der Waals surface area contributed by atoms with Crippen LogP contribution in [0.1, 0.15) is 41.2 Å². The van der Waals surface area contributed by atoms with E-state index in [1.165, 1.54) is 26.2 Å². The lowest BCUT2D eigenvalue weighted by atomic mass is 10.1. The molecule has 0 fully saturated rings. The van der Waals surface area contributed by atoms with Crippen molar-refractivity contribution in [1.29, 1.82) is 0 Å². The third-order valence-corrected chi connectivity index (χ3v) is 3.57. The summed E-state index contributed by atoms with van der Waals surface area (Å²) >= 11 is 0. The zero-order valence-electron chi connectivity index (χ0n) is 15.0. The summed E-state index contributed by atoms with van der Waals surface area (Å²) in [6, 6.07) is 9.53. The van der Waals surface area contributed by atoms with Gasteiger partial charge in [-0.15, -0.1) is 0 Å². The predicted octanol–water partition coefficient (Wildman–Crippen LogP) is 2.17. The number of hydrogen-bond acceptors (Lipinski definition) is 6. The van der Waals surface area contributed by atoms with Crippen molar-refractivity contribution in [3.63, 3.8) is 0 Å². The van der Waals surface area contributed by atoms with Crippen molar-refractivity contribution in [2.75, 3.05) is 11.9 Å². The smallest absolute Gasteiger partial charge is 0.308 e. The first-order chi connectivity index (χ1) is 12.9. The molecular weight excluding hydrogens is 352 g/mol. The fraction of sp³-hybridized carbons (Fsp3) is 0.263. The fourth-order valence-electron chi connectivity index (χ4n) is 2.14. The number of furan rings is 1. The van der Waals surface area contributed by atoms with Gasteiger partial charge in [-0.05, 0) is 38.1 Å². The first-order valence-electron chi connectivity index (χ1n) is 8.30. The number of Topliss-reactive ketones (excluding diaryl/α,β-unsaturated/α-hetero) is 1. The van der Waals surface area contributed by atoms with Crippen LogP contribution in [-0.2, 0) is 14.3 Å². The molecule has 0 bridgehead atoms. The van der Waals surface area contributed by atoms with E-state index >= 15 is 0 Å². The van der Waals surface area contributed by atoms with E-state index in [1.807, 2.05) is 0 Å². The number of ketones is 1. The van der Waals surface area contributed by atoms with Crippen molar-refractivity contribution in [3.8, 4) is 0 Å². The Kier molecular flexibility index (Phi) is 6.87. The molecule has 0 aliphatic carbocycles. The molecule has 8 heteroatoms. The van der Waals surface area contributed by atoms with Gasteiger partial charge in [-0.1, -0.05) is 12.1 Å². The maximum absolute atomic E-state index is 12.1. The van der Waals surface area contributed by atoms with Gasteiger partial charge in [0.05, 0.1) is 12.7 Å². The van der Waals surface area contributed by atoms with Crippen LogP contribution in [0.3, 0.4) is 0 Å². The number of carbonyl (C=O) groups is 4. The van der Waals surface area contributed by atoms with Crippen LogP contribution < -0.4 is 10.6 Å². The van der Waals surface area contributed by atoms with Crippen LogP contribution in [0.25, 0.3) is 0 Å². The monoisotopic (exact) mass is 372 g/mol. The number of carbonyl (C=O) groups excluding carboxylic acids is 4. The molecule has 142 valence electrons. The van der Waals surface area contributed by atoms with E-state index in [0.717, 1.165) is 0 Å². The molecule has 0 saturated carbocycles. The Labute approximate surface area is 155 Å². The van der Waals surface area contributed by atoms with Crippen molar-refractivity contribution < 1.29 is 28.3 Å².